The third kappa shape index (κ3) is 3.67. The summed E-state index contributed by atoms with van der Waals surface area (Å²) in [6.45, 7) is 5.61. The van der Waals surface area contributed by atoms with Gasteiger partial charge in [0, 0.05) is 12.4 Å². The fourth-order valence-electron chi connectivity index (χ4n) is 1.58. The molecule has 1 amide bonds. The molecule has 0 bridgehead atoms. The van der Waals surface area contributed by atoms with Crippen LogP contribution in [-0.4, -0.2) is 21.1 Å². The van der Waals surface area contributed by atoms with E-state index in [-0.39, 0.29) is 12.4 Å². The van der Waals surface area contributed by atoms with Crippen molar-refractivity contribution in [3.05, 3.63) is 36.0 Å². The van der Waals surface area contributed by atoms with Gasteiger partial charge in [0.2, 0.25) is 0 Å². The first-order chi connectivity index (χ1) is 8.83. The van der Waals surface area contributed by atoms with Crippen LogP contribution in [0.3, 0.4) is 0 Å². The molecule has 0 unspecified atom stereocenters. The number of aromatic nitrogens is 2. The quantitative estimate of drug-likeness (QED) is 0.907. The Balaban J connectivity index is 2.00. The summed E-state index contributed by atoms with van der Waals surface area (Å²) in [7, 11) is 0. The van der Waals surface area contributed by atoms with Crippen LogP contribution in [0.2, 0.25) is 0 Å². The fourth-order valence-corrected chi connectivity index (χ4v) is 1.58. The topological polar surface area (TPSA) is 55.6 Å². The Morgan fingerprint density at radius 1 is 1.42 bits per heavy atom. The number of halogens is 1. The van der Waals surface area contributed by atoms with Crippen molar-refractivity contribution < 1.29 is 13.9 Å². The van der Waals surface area contributed by atoms with Gasteiger partial charge in [-0.3, -0.25) is 0 Å². The average molecular weight is 265 g/mol. The van der Waals surface area contributed by atoms with E-state index in [0.29, 0.717) is 11.3 Å². The Kier molecular flexibility index (Phi) is 3.42. The number of ether oxygens (including phenoxy) is 1. The van der Waals surface area contributed by atoms with Crippen LogP contribution in [-0.2, 0) is 11.3 Å². The number of carbonyl (C=O) groups is 1. The Hall–Kier alpha value is -2.11. The van der Waals surface area contributed by atoms with Crippen molar-refractivity contribution >= 4 is 11.7 Å². The normalized spacial score (nSPS) is 11.6. The number of carbonyl (C=O) groups excluding carboxylic acids is 1. The van der Waals surface area contributed by atoms with Gasteiger partial charge in [0.05, 0.1) is 12.2 Å². The number of pyridine rings is 1. The lowest BCUT2D eigenvalue weighted by Crippen LogP contribution is -2.32. The number of hydrogen-bond donors (Lipinski definition) is 1. The number of nitrogens with zero attached hydrogens (tertiary/aromatic N) is 2. The summed E-state index contributed by atoms with van der Waals surface area (Å²) in [5.41, 5.74) is 0.727. The molecule has 0 spiro atoms. The summed E-state index contributed by atoms with van der Waals surface area (Å²) in [4.78, 5) is 15.7. The number of imidazole rings is 1. The van der Waals surface area contributed by atoms with E-state index in [9.17, 15) is 9.18 Å². The van der Waals surface area contributed by atoms with E-state index in [0.717, 1.165) is 0 Å². The van der Waals surface area contributed by atoms with E-state index in [1.807, 2.05) is 0 Å². The van der Waals surface area contributed by atoms with Crippen LogP contribution >= 0.6 is 0 Å². The summed E-state index contributed by atoms with van der Waals surface area (Å²) in [6.07, 6.45) is 2.49. The van der Waals surface area contributed by atoms with Crippen molar-refractivity contribution in [2.75, 3.05) is 0 Å². The number of fused-ring (bicyclic) bond motifs is 1. The molecule has 0 atom stereocenters. The molecule has 0 aromatic carbocycles. The first-order valence-corrected chi connectivity index (χ1v) is 5.93. The second-order valence-electron chi connectivity index (χ2n) is 5.20. The maximum absolute atomic E-state index is 13.0. The van der Waals surface area contributed by atoms with Gasteiger partial charge in [-0.1, -0.05) is 0 Å². The van der Waals surface area contributed by atoms with E-state index in [4.69, 9.17) is 4.74 Å². The van der Waals surface area contributed by atoms with Gasteiger partial charge in [-0.05, 0) is 32.9 Å². The van der Waals surface area contributed by atoms with Crippen molar-refractivity contribution in [3.8, 4) is 0 Å². The molecule has 5 nitrogen and oxygen atoms in total. The highest BCUT2D eigenvalue weighted by Crippen LogP contribution is 2.08. The Morgan fingerprint density at radius 2 is 2.16 bits per heavy atom. The van der Waals surface area contributed by atoms with E-state index < -0.39 is 11.7 Å². The Morgan fingerprint density at radius 3 is 2.84 bits per heavy atom. The molecular formula is C13H16FN3O2. The summed E-state index contributed by atoms with van der Waals surface area (Å²) in [6, 6.07) is 2.92. The molecule has 0 aliphatic heterocycles. The van der Waals surface area contributed by atoms with Crippen LogP contribution < -0.4 is 5.32 Å². The SMILES string of the molecule is CC(C)(C)OC(=O)NCc1cn2cc(F)ccc2n1. The fraction of sp³-hybridized carbons (Fsp3) is 0.385. The van der Waals surface area contributed by atoms with Gasteiger partial charge in [-0.2, -0.15) is 0 Å². The number of hydrogen-bond acceptors (Lipinski definition) is 3. The van der Waals surface area contributed by atoms with Crippen LogP contribution in [0.25, 0.3) is 5.65 Å². The van der Waals surface area contributed by atoms with E-state index in [1.165, 1.54) is 12.3 Å². The van der Waals surface area contributed by atoms with Gasteiger partial charge in [0.25, 0.3) is 0 Å². The van der Waals surface area contributed by atoms with Crippen LogP contribution in [0.4, 0.5) is 9.18 Å². The van der Waals surface area contributed by atoms with E-state index in [2.05, 4.69) is 10.3 Å². The molecule has 0 saturated carbocycles. The average Bonchev–Trinajstić information content (AvgIpc) is 2.66. The van der Waals surface area contributed by atoms with Crippen LogP contribution in [0, 0.1) is 5.82 Å². The second kappa shape index (κ2) is 4.87. The largest absolute Gasteiger partial charge is 0.444 e. The van der Waals surface area contributed by atoms with Crippen molar-refractivity contribution in [1.29, 1.82) is 0 Å². The van der Waals surface area contributed by atoms with E-state index in [1.54, 1.807) is 37.4 Å². The number of alkyl carbamates (subject to hydrolysis) is 1. The van der Waals surface area contributed by atoms with Crippen molar-refractivity contribution in [2.45, 2.75) is 32.9 Å². The maximum atomic E-state index is 13.0. The third-order valence-corrected chi connectivity index (χ3v) is 2.28. The third-order valence-electron chi connectivity index (χ3n) is 2.28. The van der Waals surface area contributed by atoms with Crippen LogP contribution in [0.15, 0.2) is 24.5 Å². The molecule has 0 radical (unpaired) electrons. The van der Waals surface area contributed by atoms with Crippen molar-refractivity contribution in [2.24, 2.45) is 0 Å². The zero-order chi connectivity index (χ0) is 14.0. The summed E-state index contributed by atoms with van der Waals surface area (Å²) >= 11 is 0. The summed E-state index contributed by atoms with van der Waals surface area (Å²) in [5.74, 6) is -0.337. The minimum absolute atomic E-state index is 0.234. The Labute approximate surface area is 110 Å². The molecule has 0 aliphatic carbocycles. The van der Waals surface area contributed by atoms with Gasteiger partial charge in [0.15, 0.2) is 0 Å². The molecule has 2 aromatic heterocycles. The first-order valence-electron chi connectivity index (χ1n) is 5.93. The minimum Gasteiger partial charge on any atom is -0.444 e. The predicted octanol–water partition coefficient (Wildman–Crippen LogP) is 2.50. The number of nitrogens with one attached hydrogen (secondary N) is 1. The van der Waals surface area contributed by atoms with Crippen LogP contribution in [0.5, 0.6) is 0 Å². The highest BCUT2D eigenvalue weighted by atomic mass is 19.1. The van der Waals surface area contributed by atoms with Crippen molar-refractivity contribution in [3.63, 3.8) is 0 Å². The number of amides is 1. The molecular weight excluding hydrogens is 249 g/mol. The zero-order valence-corrected chi connectivity index (χ0v) is 11.1. The standard InChI is InChI=1S/C13H16FN3O2/c1-13(2,3)19-12(18)15-6-10-8-17-7-9(14)4-5-11(17)16-10/h4-5,7-8H,6H2,1-3H3,(H,15,18). The highest BCUT2D eigenvalue weighted by molar-refractivity contribution is 5.67. The van der Waals surface area contributed by atoms with Gasteiger partial charge in [0.1, 0.15) is 17.1 Å². The van der Waals surface area contributed by atoms with Crippen LogP contribution in [0.1, 0.15) is 26.5 Å². The number of rotatable bonds is 2. The lowest BCUT2D eigenvalue weighted by molar-refractivity contribution is 0.0523. The molecule has 102 valence electrons. The monoisotopic (exact) mass is 265 g/mol. The second-order valence-corrected chi connectivity index (χ2v) is 5.20. The lowest BCUT2D eigenvalue weighted by Gasteiger charge is -2.19. The molecule has 2 aromatic rings. The smallest absolute Gasteiger partial charge is 0.407 e. The minimum atomic E-state index is -0.536. The van der Waals surface area contributed by atoms with Gasteiger partial charge >= 0.3 is 6.09 Å². The van der Waals surface area contributed by atoms with E-state index >= 15 is 0 Å². The molecule has 2 heterocycles. The van der Waals surface area contributed by atoms with Gasteiger partial charge in [-0.15, -0.1) is 0 Å². The predicted molar refractivity (Wildman–Crippen MR) is 68.2 cm³/mol. The molecule has 1 N–H and O–H groups in total. The molecule has 0 fully saturated rings. The Bertz CT molecular complexity index is 601. The van der Waals surface area contributed by atoms with Crippen molar-refractivity contribution in [1.82, 2.24) is 14.7 Å². The zero-order valence-electron chi connectivity index (χ0n) is 11.1. The van der Waals surface area contributed by atoms with Gasteiger partial charge in [-0.25, -0.2) is 14.2 Å². The molecule has 0 aliphatic rings. The molecule has 6 heteroatoms. The molecule has 0 saturated heterocycles. The summed E-state index contributed by atoms with van der Waals surface area (Å²) in [5, 5.41) is 2.60. The van der Waals surface area contributed by atoms with Gasteiger partial charge < -0.3 is 14.5 Å². The maximum Gasteiger partial charge on any atom is 0.407 e. The highest BCUT2D eigenvalue weighted by Gasteiger charge is 2.16. The lowest BCUT2D eigenvalue weighted by atomic mass is 10.2. The first kappa shape index (κ1) is 13.3. The molecule has 2 rings (SSSR count). The molecule has 19 heavy (non-hydrogen) atoms. The summed E-state index contributed by atoms with van der Waals surface area (Å²) < 4.78 is 19.7.